The topological polar surface area (TPSA) is 0 Å². The molecule has 162 valence electrons. The third-order valence-corrected chi connectivity index (χ3v) is 9.32. The van der Waals surface area contributed by atoms with E-state index in [0.717, 1.165) is 59.2 Å². The lowest BCUT2D eigenvalue weighted by atomic mass is 9.67. The zero-order valence-electron chi connectivity index (χ0n) is 18.3. The average Bonchev–Trinajstić information content (AvgIpc) is 3.54. The minimum Gasteiger partial charge on any atom is -0.106 e. The van der Waals surface area contributed by atoms with Gasteiger partial charge in [-0.1, -0.05) is 77.0 Å². The molecule has 3 fully saturated rings. The van der Waals surface area contributed by atoms with Gasteiger partial charge in [0.2, 0.25) is 0 Å². The van der Waals surface area contributed by atoms with E-state index in [1.165, 1.54) is 44.9 Å². The second kappa shape index (κ2) is 9.84. The fourth-order valence-corrected chi connectivity index (χ4v) is 8.29. The van der Waals surface area contributed by atoms with Crippen LogP contribution >= 0.6 is 0 Å². The molecular weight excluding hydrogens is 348 g/mol. The second-order valence-electron chi connectivity index (χ2n) is 10.2. The summed E-state index contributed by atoms with van der Waals surface area (Å²) in [5.41, 5.74) is 0. The normalized spacial score (nSPS) is 45.9. The van der Waals surface area contributed by atoms with Crippen LogP contribution in [0, 0.1) is 59.2 Å². The van der Waals surface area contributed by atoms with E-state index in [4.69, 9.17) is 0 Å². The molecule has 0 amide bonds. The van der Waals surface area contributed by atoms with E-state index in [1.54, 1.807) is 6.42 Å². The Kier molecular flexibility index (Phi) is 7.69. The Morgan fingerprint density at radius 3 is 2.10 bits per heavy atom. The van der Waals surface area contributed by atoms with Crippen molar-refractivity contribution < 1.29 is 0 Å². The number of unbranched alkanes of at least 4 members (excludes halogenated alkanes) is 1. The number of hydrogen-bond donors (Lipinski definition) is 0. The van der Waals surface area contributed by atoms with Crippen LogP contribution in [-0.2, 0) is 0 Å². The predicted octanol–water partition coefficient (Wildman–Crippen LogP) is 8.48. The van der Waals surface area contributed by atoms with Gasteiger partial charge in [0, 0.05) is 0 Å². The highest BCUT2D eigenvalue weighted by molar-refractivity contribution is 5.21. The lowest BCUT2D eigenvalue weighted by molar-refractivity contribution is 0.118. The molecule has 4 bridgehead atoms. The van der Waals surface area contributed by atoms with Crippen LogP contribution < -0.4 is 0 Å². The van der Waals surface area contributed by atoms with Crippen molar-refractivity contribution in [2.45, 2.75) is 72.6 Å². The van der Waals surface area contributed by atoms with E-state index >= 15 is 0 Å². The van der Waals surface area contributed by atoms with E-state index in [1.807, 2.05) is 0 Å². The molecule has 0 saturated heterocycles. The first-order valence-corrected chi connectivity index (χ1v) is 12.3. The molecule has 0 N–H and O–H groups in total. The Balaban J connectivity index is 0.000000159. The van der Waals surface area contributed by atoms with Crippen LogP contribution in [0.3, 0.4) is 0 Å². The minimum atomic E-state index is 0. The first-order chi connectivity index (χ1) is 13.8. The summed E-state index contributed by atoms with van der Waals surface area (Å²) in [5.74, 6) is 10.2. The summed E-state index contributed by atoms with van der Waals surface area (Å²) in [5, 5.41) is 0. The van der Waals surface area contributed by atoms with Gasteiger partial charge in [0.15, 0.2) is 0 Å². The highest BCUT2D eigenvalue weighted by Crippen LogP contribution is 2.63. The Bertz CT molecular complexity index is 610. The Morgan fingerprint density at radius 2 is 1.41 bits per heavy atom. The molecule has 0 aromatic heterocycles. The summed E-state index contributed by atoms with van der Waals surface area (Å²) in [6, 6.07) is 0. The highest BCUT2D eigenvalue weighted by Gasteiger charge is 2.56. The largest absolute Gasteiger partial charge is 0.106 e. The Hall–Kier alpha value is -1.04. The molecule has 0 nitrogen and oxygen atoms in total. The van der Waals surface area contributed by atoms with Crippen molar-refractivity contribution in [2.75, 3.05) is 0 Å². The molecule has 6 aliphatic rings. The SMILES string of the molecule is C.C1=CC2C3C=CC(C3)C2C1.C=C.CCCCC1C2CC(C3CC=CC23)C1CC. The zero-order valence-corrected chi connectivity index (χ0v) is 18.3. The van der Waals surface area contributed by atoms with Gasteiger partial charge in [0.05, 0.1) is 0 Å². The molecule has 3 saturated carbocycles. The van der Waals surface area contributed by atoms with Crippen molar-refractivity contribution in [3.05, 3.63) is 49.6 Å². The number of fused-ring (bicyclic) bond motifs is 10. The maximum Gasteiger partial charge on any atom is -0.0133 e. The summed E-state index contributed by atoms with van der Waals surface area (Å²) in [6.45, 7) is 10.8. The molecule has 0 heterocycles. The van der Waals surface area contributed by atoms with E-state index in [-0.39, 0.29) is 7.43 Å². The lowest BCUT2D eigenvalue weighted by Gasteiger charge is -2.38. The molecule has 0 aromatic carbocycles. The fourth-order valence-electron chi connectivity index (χ4n) is 8.29. The Labute approximate surface area is 181 Å². The van der Waals surface area contributed by atoms with Crippen LogP contribution in [0.5, 0.6) is 0 Å². The summed E-state index contributed by atoms with van der Waals surface area (Å²) in [4.78, 5) is 0. The monoisotopic (exact) mass is 394 g/mol. The van der Waals surface area contributed by atoms with Gasteiger partial charge in [0.1, 0.15) is 0 Å². The van der Waals surface area contributed by atoms with Crippen LogP contribution in [0.15, 0.2) is 49.6 Å². The van der Waals surface area contributed by atoms with E-state index in [9.17, 15) is 0 Å². The van der Waals surface area contributed by atoms with Crippen molar-refractivity contribution >= 4 is 0 Å². The number of rotatable bonds is 4. The molecule has 0 radical (unpaired) electrons. The maximum atomic E-state index is 3.00. The predicted molar refractivity (Wildman–Crippen MR) is 129 cm³/mol. The van der Waals surface area contributed by atoms with Crippen molar-refractivity contribution in [3.8, 4) is 0 Å². The zero-order chi connectivity index (χ0) is 19.7. The molecule has 10 unspecified atom stereocenters. The van der Waals surface area contributed by atoms with Crippen molar-refractivity contribution in [2.24, 2.45) is 59.2 Å². The van der Waals surface area contributed by atoms with Crippen molar-refractivity contribution in [1.29, 1.82) is 0 Å². The molecule has 29 heavy (non-hydrogen) atoms. The molecule has 0 aliphatic heterocycles. The third-order valence-electron chi connectivity index (χ3n) is 9.32. The molecule has 0 spiro atoms. The van der Waals surface area contributed by atoms with Crippen molar-refractivity contribution in [3.63, 3.8) is 0 Å². The minimum absolute atomic E-state index is 0. The van der Waals surface area contributed by atoms with Crippen LogP contribution in [-0.4, -0.2) is 0 Å². The van der Waals surface area contributed by atoms with Gasteiger partial charge in [0.25, 0.3) is 0 Å². The van der Waals surface area contributed by atoms with Crippen LogP contribution in [0.2, 0.25) is 0 Å². The van der Waals surface area contributed by atoms with Crippen LogP contribution in [0.1, 0.15) is 72.6 Å². The second-order valence-corrected chi connectivity index (χ2v) is 10.2. The van der Waals surface area contributed by atoms with E-state index in [2.05, 4.69) is 63.5 Å². The first-order valence-electron chi connectivity index (χ1n) is 12.3. The van der Waals surface area contributed by atoms with Gasteiger partial charge in [-0.15, -0.1) is 13.2 Å². The highest BCUT2D eigenvalue weighted by atomic mass is 14.6. The van der Waals surface area contributed by atoms with Crippen LogP contribution in [0.4, 0.5) is 0 Å². The van der Waals surface area contributed by atoms with E-state index < -0.39 is 0 Å². The maximum absolute atomic E-state index is 3.00. The average molecular weight is 395 g/mol. The Morgan fingerprint density at radius 1 is 0.724 bits per heavy atom. The summed E-state index contributed by atoms with van der Waals surface area (Å²) >= 11 is 0. The summed E-state index contributed by atoms with van der Waals surface area (Å²) in [7, 11) is 0. The first kappa shape index (κ1) is 22.6. The number of hydrogen-bond acceptors (Lipinski definition) is 0. The molecule has 0 aromatic rings. The quantitative estimate of drug-likeness (QED) is 0.419. The van der Waals surface area contributed by atoms with Gasteiger partial charge in [-0.05, 0) is 91.3 Å². The van der Waals surface area contributed by atoms with Gasteiger partial charge in [-0.3, -0.25) is 0 Å². The van der Waals surface area contributed by atoms with Gasteiger partial charge in [-0.25, -0.2) is 0 Å². The van der Waals surface area contributed by atoms with E-state index in [0.29, 0.717) is 0 Å². The molecule has 6 aliphatic carbocycles. The molecule has 6 rings (SSSR count). The number of allylic oxidation sites excluding steroid dienone is 6. The lowest BCUT2D eigenvalue weighted by Crippen LogP contribution is -2.32. The van der Waals surface area contributed by atoms with Gasteiger partial charge < -0.3 is 0 Å². The summed E-state index contributed by atoms with van der Waals surface area (Å²) < 4.78 is 0. The molecule has 10 atom stereocenters. The van der Waals surface area contributed by atoms with Crippen molar-refractivity contribution in [1.82, 2.24) is 0 Å². The van der Waals surface area contributed by atoms with Crippen LogP contribution in [0.25, 0.3) is 0 Å². The molecule has 0 heteroatoms. The third kappa shape index (κ3) is 3.86. The fraction of sp³-hybridized carbons (Fsp3) is 0.724. The molecular formula is C29H46. The van der Waals surface area contributed by atoms with Gasteiger partial charge >= 0.3 is 0 Å². The standard InChI is InChI=1S/C16H26.C10H12.C2H4.CH4/c1-3-5-7-12-11(4-2)15-10-16(12)14-9-6-8-13(14)15;1-2-9-7-4-5-8(6-7)10(9)3-1;1-2;/h6,9,11-16H,3-5,7-8,10H2,1-2H3;1-2,4-5,7-10H,3,6H2;1-2H2;1H4. The summed E-state index contributed by atoms with van der Waals surface area (Å²) in [6.07, 6.45) is 26.3. The smallest absolute Gasteiger partial charge is 0.0133 e. The van der Waals surface area contributed by atoms with Gasteiger partial charge in [-0.2, -0.15) is 0 Å².